The topological polar surface area (TPSA) is 66.8 Å². The summed E-state index contributed by atoms with van der Waals surface area (Å²) < 4.78 is 18.7. The predicted octanol–water partition coefficient (Wildman–Crippen LogP) is 5.73. The first-order valence-corrected chi connectivity index (χ1v) is 11.6. The monoisotopic (exact) mass is 437 g/mol. The first kappa shape index (κ1) is 22.2. The van der Waals surface area contributed by atoms with Crippen LogP contribution in [0.15, 0.2) is 30.3 Å². The highest BCUT2D eigenvalue weighted by Gasteiger charge is 2.28. The molecular formula is C26H31NO5. The molecule has 0 amide bonds. The van der Waals surface area contributed by atoms with E-state index in [1.54, 1.807) is 6.92 Å². The molecule has 0 aliphatic heterocycles. The van der Waals surface area contributed by atoms with Crippen molar-refractivity contribution in [2.24, 2.45) is 0 Å². The molecule has 4 rings (SSSR count). The normalized spacial score (nSPS) is 14.6. The Kier molecular flexibility index (Phi) is 6.68. The van der Waals surface area contributed by atoms with Gasteiger partial charge in [-0.3, -0.25) is 0 Å². The van der Waals surface area contributed by atoms with Crippen LogP contribution >= 0.6 is 0 Å². The lowest BCUT2D eigenvalue weighted by Gasteiger charge is -2.26. The molecule has 1 aromatic heterocycles. The Labute approximate surface area is 188 Å². The fourth-order valence-electron chi connectivity index (χ4n) is 4.98. The molecule has 1 aliphatic rings. The first-order valence-electron chi connectivity index (χ1n) is 11.6. The molecule has 1 fully saturated rings. The van der Waals surface area contributed by atoms with Crippen molar-refractivity contribution in [3.8, 4) is 5.75 Å². The third kappa shape index (κ3) is 4.06. The summed E-state index contributed by atoms with van der Waals surface area (Å²) in [7, 11) is 0. The second kappa shape index (κ2) is 9.63. The van der Waals surface area contributed by atoms with E-state index in [0.29, 0.717) is 30.6 Å². The van der Waals surface area contributed by atoms with Gasteiger partial charge in [0.15, 0.2) is 6.61 Å². The van der Waals surface area contributed by atoms with Crippen LogP contribution in [-0.4, -0.2) is 36.3 Å². The fraction of sp³-hybridized carbons (Fsp3) is 0.462. The van der Waals surface area contributed by atoms with E-state index in [4.69, 9.17) is 14.2 Å². The number of hydrogen-bond acceptors (Lipinski definition) is 5. The lowest BCUT2D eigenvalue weighted by molar-refractivity contribution is -0.145. The molecule has 1 saturated carbocycles. The molecule has 1 aliphatic carbocycles. The molecule has 32 heavy (non-hydrogen) atoms. The van der Waals surface area contributed by atoms with Crippen LogP contribution in [-0.2, 0) is 14.3 Å². The van der Waals surface area contributed by atoms with Crippen LogP contribution < -0.4 is 4.74 Å². The molecule has 0 radical (unpaired) electrons. The number of carbonyl (C=O) groups excluding carboxylic acids is 2. The van der Waals surface area contributed by atoms with E-state index < -0.39 is 5.97 Å². The minimum Gasteiger partial charge on any atom is -0.481 e. The average Bonchev–Trinajstić information content (AvgIpc) is 3.10. The highest BCUT2D eigenvalue weighted by Crippen LogP contribution is 2.42. The summed E-state index contributed by atoms with van der Waals surface area (Å²) in [5.41, 5.74) is 2.55. The van der Waals surface area contributed by atoms with Gasteiger partial charge >= 0.3 is 11.9 Å². The van der Waals surface area contributed by atoms with Gasteiger partial charge in [0.25, 0.3) is 0 Å². The van der Waals surface area contributed by atoms with Crippen molar-refractivity contribution in [1.82, 2.24) is 4.57 Å². The Morgan fingerprint density at radius 3 is 2.34 bits per heavy atom. The average molecular weight is 438 g/mol. The van der Waals surface area contributed by atoms with Crippen LogP contribution in [0.5, 0.6) is 5.75 Å². The standard InChI is InChI=1S/C26H31NO5/c1-4-30-23(28)16-32-22-15-21-24(26(29)31-5-2)17(3)27(18-11-7-6-8-12-18)25(21)20-14-10-9-13-19(20)22/h9-10,13-15,18H,4-8,11-12,16H2,1-3H3. The van der Waals surface area contributed by atoms with Gasteiger partial charge in [-0.1, -0.05) is 43.5 Å². The Hall–Kier alpha value is -3.02. The van der Waals surface area contributed by atoms with Gasteiger partial charge in [0.1, 0.15) is 5.75 Å². The molecule has 0 unspecified atom stereocenters. The van der Waals surface area contributed by atoms with Gasteiger partial charge in [-0.25, -0.2) is 9.59 Å². The SMILES string of the molecule is CCOC(=O)COc1cc2c(C(=O)OCC)c(C)n(C3CCCCC3)c2c2ccccc12. The van der Waals surface area contributed by atoms with E-state index in [2.05, 4.69) is 10.6 Å². The van der Waals surface area contributed by atoms with Crippen molar-refractivity contribution in [3.63, 3.8) is 0 Å². The number of hydrogen-bond donors (Lipinski definition) is 0. The van der Waals surface area contributed by atoms with Crippen molar-refractivity contribution in [3.05, 3.63) is 41.6 Å². The van der Waals surface area contributed by atoms with Crippen LogP contribution in [0.25, 0.3) is 21.7 Å². The molecule has 3 aromatic rings. The van der Waals surface area contributed by atoms with Crippen LogP contribution in [0.3, 0.4) is 0 Å². The summed E-state index contributed by atoms with van der Waals surface area (Å²) >= 11 is 0. The smallest absolute Gasteiger partial charge is 0.344 e. The highest BCUT2D eigenvalue weighted by atomic mass is 16.6. The van der Waals surface area contributed by atoms with Crippen molar-refractivity contribution >= 4 is 33.6 Å². The Balaban J connectivity index is 1.95. The number of nitrogens with zero attached hydrogens (tertiary/aromatic N) is 1. The molecule has 0 bridgehead atoms. The zero-order chi connectivity index (χ0) is 22.7. The predicted molar refractivity (Wildman–Crippen MR) is 124 cm³/mol. The fourth-order valence-corrected chi connectivity index (χ4v) is 4.98. The molecular weight excluding hydrogens is 406 g/mol. The number of aromatic nitrogens is 1. The first-order chi connectivity index (χ1) is 15.6. The summed E-state index contributed by atoms with van der Waals surface area (Å²) in [5.74, 6) is -0.179. The molecule has 6 nitrogen and oxygen atoms in total. The van der Waals surface area contributed by atoms with Crippen LogP contribution in [0.2, 0.25) is 0 Å². The number of fused-ring (bicyclic) bond motifs is 3. The van der Waals surface area contributed by atoms with Crippen LogP contribution in [0.4, 0.5) is 0 Å². The van der Waals surface area contributed by atoms with E-state index >= 15 is 0 Å². The highest BCUT2D eigenvalue weighted by molar-refractivity contribution is 6.16. The molecule has 1 heterocycles. The second-order valence-electron chi connectivity index (χ2n) is 8.25. The maximum Gasteiger partial charge on any atom is 0.344 e. The summed E-state index contributed by atoms with van der Waals surface area (Å²) in [5, 5.41) is 2.73. The summed E-state index contributed by atoms with van der Waals surface area (Å²) in [6.07, 6.45) is 5.84. The molecule has 0 N–H and O–H groups in total. The summed E-state index contributed by atoms with van der Waals surface area (Å²) in [4.78, 5) is 24.9. The number of carbonyl (C=O) groups is 2. The number of benzene rings is 2. The largest absolute Gasteiger partial charge is 0.481 e. The maximum absolute atomic E-state index is 13.0. The van der Waals surface area contributed by atoms with Gasteiger partial charge in [-0.2, -0.15) is 0 Å². The van der Waals surface area contributed by atoms with Crippen molar-refractivity contribution in [1.29, 1.82) is 0 Å². The van der Waals surface area contributed by atoms with E-state index in [-0.39, 0.29) is 12.6 Å². The minimum absolute atomic E-state index is 0.180. The minimum atomic E-state index is -0.418. The second-order valence-corrected chi connectivity index (χ2v) is 8.25. The zero-order valence-electron chi connectivity index (χ0n) is 19.1. The molecule has 0 atom stereocenters. The van der Waals surface area contributed by atoms with Gasteiger partial charge in [0, 0.05) is 27.9 Å². The van der Waals surface area contributed by atoms with Crippen molar-refractivity contribution < 1.29 is 23.8 Å². The van der Waals surface area contributed by atoms with Crippen LogP contribution in [0.1, 0.15) is 68.0 Å². The molecule has 170 valence electrons. The molecule has 6 heteroatoms. The maximum atomic E-state index is 13.0. The Bertz CT molecular complexity index is 1140. The van der Waals surface area contributed by atoms with Crippen molar-refractivity contribution in [2.45, 2.75) is 58.9 Å². The Morgan fingerprint density at radius 2 is 1.66 bits per heavy atom. The number of ether oxygens (including phenoxy) is 3. The zero-order valence-corrected chi connectivity index (χ0v) is 19.1. The summed E-state index contributed by atoms with van der Waals surface area (Å²) in [6, 6.07) is 10.2. The van der Waals surface area contributed by atoms with Gasteiger partial charge in [-0.15, -0.1) is 0 Å². The molecule has 0 saturated heterocycles. The van der Waals surface area contributed by atoms with Gasteiger partial charge in [-0.05, 0) is 39.7 Å². The molecule has 2 aromatic carbocycles. The van der Waals surface area contributed by atoms with Crippen molar-refractivity contribution in [2.75, 3.05) is 19.8 Å². The lowest BCUT2D eigenvalue weighted by atomic mass is 9.94. The van der Waals surface area contributed by atoms with E-state index in [1.807, 2.05) is 38.1 Å². The summed E-state index contributed by atoms with van der Waals surface area (Å²) in [6.45, 7) is 6.03. The quantitative estimate of drug-likeness (QED) is 0.442. The van der Waals surface area contributed by atoms with Gasteiger partial charge < -0.3 is 18.8 Å². The van der Waals surface area contributed by atoms with E-state index in [9.17, 15) is 9.59 Å². The number of esters is 2. The van der Waals surface area contributed by atoms with E-state index in [1.165, 1.54) is 19.3 Å². The third-order valence-corrected chi connectivity index (χ3v) is 6.28. The lowest BCUT2D eigenvalue weighted by Crippen LogP contribution is -2.15. The Morgan fingerprint density at radius 1 is 0.969 bits per heavy atom. The van der Waals surface area contributed by atoms with E-state index in [0.717, 1.165) is 40.2 Å². The number of rotatable bonds is 7. The van der Waals surface area contributed by atoms with Gasteiger partial charge in [0.05, 0.1) is 24.3 Å². The van der Waals surface area contributed by atoms with Crippen LogP contribution in [0, 0.1) is 6.92 Å². The third-order valence-electron chi connectivity index (χ3n) is 6.28. The molecule has 0 spiro atoms. The van der Waals surface area contributed by atoms with Gasteiger partial charge in [0.2, 0.25) is 0 Å².